The molecule has 134 valence electrons. The predicted molar refractivity (Wildman–Crippen MR) is 98.4 cm³/mol. The molecule has 5 nitrogen and oxygen atoms in total. The summed E-state index contributed by atoms with van der Waals surface area (Å²) in [7, 11) is 0. The Labute approximate surface area is 149 Å². The van der Waals surface area contributed by atoms with Crippen molar-refractivity contribution in [2.24, 2.45) is 11.7 Å². The summed E-state index contributed by atoms with van der Waals surface area (Å²) in [5.41, 5.74) is 8.61. The smallest absolute Gasteiger partial charge is 0.253 e. The highest BCUT2D eigenvalue weighted by Gasteiger charge is 2.17. The van der Waals surface area contributed by atoms with E-state index in [1.165, 1.54) is 5.56 Å². The third-order valence-corrected chi connectivity index (χ3v) is 4.39. The highest BCUT2D eigenvalue weighted by atomic mass is 16.5. The quantitative estimate of drug-likeness (QED) is 0.358. The number of hydrogen-bond acceptors (Lipinski definition) is 4. The largest absolute Gasteiger partial charge is 0.381 e. The molecule has 1 aliphatic rings. The number of primary amides is 1. The summed E-state index contributed by atoms with van der Waals surface area (Å²) in [6.07, 6.45) is 5.95. The molecule has 0 radical (unpaired) electrons. The van der Waals surface area contributed by atoms with Gasteiger partial charge in [-0.1, -0.05) is 29.8 Å². The minimum Gasteiger partial charge on any atom is -0.381 e. The molecule has 0 bridgehead atoms. The van der Waals surface area contributed by atoms with Gasteiger partial charge in [0.25, 0.3) is 5.91 Å². The number of hydrogen-bond donors (Lipinski definition) is 1. The van der Waals surface area contributed by atoms with E-state index >= 15 is 0 Å². The van der Waals surface area contributed by atoms with Crippen LogP contribution in [0.4, 0.5) is 0 Å². The molecule has 1 aromatic rings. The molecular weight excluding hydrogens is 316 g/mol. The van der Waals surface area contributed by atoms with Crippen LogP contribution in [-0.2, 0) is 14.3 Å². The van der Waals surface area contributed by atoms with Crippen molar-refractivity contribution in [2.45, 2.75) is 26.7 Å². The third kappa shape index (κ3) is 5.87. The molecule has 2 N–H and O–H groups in total. The maximum atomic E-state index is 11.4. The standard InChI is InChI=1S/C20H26N2O3/c1-15-3-5-18(6-4-15)16(2)11-22(13-19(14-23)20(21)24)12-17-7-9-25-10-8-17/h3-6,11,13-14,17H,7-10,12H2,1-2H3,(H2,21,24)/b16-11+,19-13+. The zero-order valence-electron chi connectivity index (χ0n) is 14.9. The van der Waals surface area contributed by atoms with Crippen molar-refractivity contribution < 1.29 is 14.3 Å². The van der Waals surface area contributed by atoms with Crippen molar-refractivity contribution in [3.63, 3.8) is 0 Å². The Kier molecular flexibility index (Phi) is 6.95. The number of allylic oxidation sites excluding steroid dienone is 1. The molecule has 1 saturated heterocycles. The van der Waals surface area contributed by atoms with Gasteiger partial charge in [0, 0.05) is 32.2 Å². The monoisotopic (exact) mass is 342 g/mol. The Hall–Kier alpha value is -2.40. The molecule has 0 aliphatic carbocycles. The van der Waals surface area contributed by atoms with Gasteiger partial charge in [-0.25, -0.2) is 0 Å². The van der Waals surface area contributed by atoms with E-state index in [1.54, 1.807) is 6.20 Å². The van der Waals surface area contributed by atoms with Crippen molar-refractivity contribution in [3.05, 3.63) is 53.4 Å². The van der Waals surface area contributed by atoms with Crippen LogP contribution < -0.4 is 5.73 Å². The number of ether oxygens (including phenoxy) is 1. The SMILES string of the molecule is C/C(=C\N(/C=C(\C=O)C(N)=O)CC1CCOCC1)c1ccc(C)cc1. The van der Waals surface area contributed by atoms with Crippen molar-refractivity contribution in [3.8, 4) is 0 Å². The number of rotatable bonds is 7. The van der Waals surface area contributed by atoms with Crippen LogP contribution in [0.15, 0.2) is 42.2 Å². The van der Waals surface area contributed by atoms with Gasteiger partial charge in [-0.05, 0) is 43.7 Å². The molecule has 25 heavy (non-hydrogen) atoms. The highest BCUT2D eigenvalue weighted by molar-refractivity contribution is 6.09. The van der Waals surface area contributed by atoms with Crippen LogP contribution in [0.5, 0.6) is 0 Å². The van der Waals surface area contributed by atoms with E-state index in [4.69, 9.17) is 10.5 Å². The number of benzene rings is 1. The Morgan fingerprint density at radius 2 is 1.88 bits per heavy atom. The van der Waals surface area contributed by atoms with Crippen molar-refractivity contribution in [1.29, 1.82) is 0 Å². The van der Waals surface area contributed by atoms with E-state index in [0.29, 0.717) is 12.2 Å². The maximum Gasteiger partial charge on any atom is 0.253 e. The molecule has 2 rings (SSSR count). The van der Waals surface area contributed by atoms with E-state index in [2.05, 4.69) is 24.3 Å². The van der Waals surface area contributed by atoms with Crippen LogP contribution in [0.1, 0.15) is 30.9 Å². The molecule has 1 amide bonds. The summed E-state index contributed by atoms with van der Waals surface area (Å²) in [5.74, 6) is -0.263. The fourth-order valence-corrected chi connectivity index (χ4v) is 2.84. The lowest BCUT2D eigenvalue weighted by Crippen LogP contribution is -2.27. The normalized spacial score (nSPS) is 16.6. The fourth-order valence-electron chi connectivity index (χ4n) is 2.84. The van der Waals surface area contributed by atoms with Crippen LogP contribution in [0, 0.1) is 12.8 Å². The maximum absolute atomic E-state index is 11.4. The molecule has 1 aliphatic heterocycles. The highest BCUT2D eigenvalue weighted by Crippen LogP contribution is 2.20. The topological polar surface area (TPSA) is 72.6 Å². The average Bonchev–Trinajstić information content (AvgIpc) is 2.60. The molecular formula is C20H26N2O3. The number of nitrogens with two attached hydrogens (primary N) is 1. The van der Waals surface area contributed by atoms with Crippen molar-refractivity contribution >= 4 is 17.8 Å². The molecule has 0 aromatic heterocycles. The zero-order chi connectivity index (χ0) is 18.2. The van der Waals surface area contributed by atoms with Crippen molar-refractivity contribution in [2.75, 3.05) is 19.8 Å². The minimum absolute atomic E-state index is 0.0278. The van der Waals surface area contributed by atoms with Crippen LogP contribution in [0.3, 0.4) is 0 Å². The number of nitrogens with zero attached hydrogens (tertiary/aromatic N) is 1. The van der Waals surface area contributed by atoms with E-state index in [9.17, 15) is 9.59 Å². The third-order valence-electron chi connectivity index (χ3n) is 4.39. The summed E-state index contributed by atoms with van der Waals surface area (Å²) in [5, 5.41) is 0. The number of carbonyl (C=O) groups excluding carboxylic acids is 2. The van der Waals surface area contributed by atoms with E-state index in [0.717, 1.165) is 43.7 Å². The number of amides is 1. The van der Waals surface area contributed by atoms with Gasteiger partial charge < -0.3 is 15.4 Å². The molecule has 0 saturated carbocycles. The fraction of sp³-hybridized carbons (Fsp3) is 0.400. The lowest BCUT2D eigenvalue weighted by molar-refractivity contribution is -0.116. The first-order valence-electron chi connectivity index (χ1n) is 8.55. The zero-order valence-corrected chi connectivity index (χ0v) is 14.9. The first-order valence-corrected chi connectivity index (χ1v) is 8.55. The van der Waals surface area contributed by atoms with E-state index in [-0.39, 0.29) is 5.57 Å². The Bertz CT molecular complexity index is 656. The van der Waals surface area contributed by atoms with Crippen molar-refractivity contribution in [1.82, 2.24) is 4.90 Å². The summed E-state index contributed by atoms with van der Waals surface area (Å²) in [4.78, 5) is 24.4. The van der Waals surface area contributed by atoms with Gasteiger partial charge >= 0.3 is 0 Å². The van der Waals surface area contributed by atoms with Crippen LogP contribution in [0.2, 0.25) is 0 Å². The van der Waals surface area contributed by atoms with Gasteiger partial charge in [0.2, 0.25) is 0 Å². The van der Waals surface area contributed by atoms with E-state index in [1.807, 2.05) is 24.9 Å². The number of carbonyl (C=O) groups is 2. The minimum atomic E-state index is -0.714. The molecule has 0 unspecified atom stereocenters. The Morgan fingerprint density at radius 3 is 2.44 bits per heavy atom. The van der Waals surface area contributed by atoms with Gasteiger partial charge in [0.1, 0.15) is 0 Å². The second-order valence-electron chi connectivity index (χ2n) is 6.50. The molecule has 0 spiro atoms. The molecule has 1 fully saturated rings. The van der Waals surface area contributed by atoms with E-state index < -0.39 is 5.91 Å². The number of aldehydes is 1. The van der Waals surface area contributed by atoms with Gasteiger partial charge in [0.15, 0.2) is 6.29 Å². The Morgan fingerprint density at radius 1 is 1.24 bits per heavy atom. The van der Waals surface area contributed by atoms with Crippen LogP contribution in [-0.4, -0.2) is 36.9 Å². The second-order valence-corrected chi connectivity index (χ2v) is 6.50. The molecule has 5 heteroatoms. The molecule has 0 atom stereocenters. The molecule has 1 heterocycles. The summed E-state index contributed by atoms with van der Waals surface area (Å²) >= 11 is 0. The van der Waals surface area contributed by atoms with Gasteiger partial charge in [0.05, 0.1) is 5.57 Å². The van der Waals surface area contributed by atoms with Crippen LogP contribution >= 0.6 is 0 Å². The summed E-state index contributed by atoms with van der Waals surface area (Å²) < 4.78 is 5.40. The lowest BCUT2D eigenvalue weighted by Gasteiger charge is -2.27. The first kappa shape index (κ1) is 18.9. The Balaban J connectivity index is 2.25. The van der Waals surface area contributed by atoms with Crippen LogP contribution in [0.25, 0.3) is 5.57 Å². The van der Waals surface area contributed by atoms with Gasteiger partial charge in [-0.3, -0.25) is 9.59 Å². The first-order chi connectivity index (χ1) is 12.0. The average molecular weight is 342 g/mol. The predicted octanol–water partition coefficient (Wildman–Crippen LogP) is 2.65. The summed E-state index contributed by atoms with van der Waals surface area (Å²) in [6, 6.07) is 8.25. The van der Waals surface area contributed by atoms with Gasteiger partial charge in [-0.2, -0.15) is 0 Å². The lowest BCUT2D eigenvalue weighted by atomic mass is 9.99. The van der Waals surface area contributed by atoms with Gasteiger partial charge in [-0.15, -0.1) is 0 Å². The summed E-state index contributed by atoms with van der Waals surface area (Å²) in [6.45, 7) is 6.28. The molecule has 1 aromatic carbocycles. The number of aryl methyl sites for hydroxylation is 1. The second kappa shape index (κ2) is 9.18.